The number of H-pyrrole nitrogens is 1. The molecule has 0 spiro atoms. The number of carbonyl (C=O) groups excluding carboxylic acids is 2. The number of hydrogen-bond donors (Lipinski definition) is 2. The predicted octanol–water partition coefficient (Wildman–Crippen LogP) is 2.56. The number of fused-ring (bicyclic) bond motifs is 1. The average Bonchev–Trinajstić information content (AvgIpc) is 2.66. The molecule has 0 fully saturated rings. The number of pyridine rings is 1. The van der Waals surface area contributed by atoms with Crippen LogP contribution in [0.25, 0.3) is 10.9 Å². The lowest BCUT2D eigenvalue weighted by Gasteiger charge is -2.14. The van der Waals surface area contributed by atoms with E-state index in [-0.39, 0.29) is 17.2 Å². The van der Waals surface area contributed by atoms with Crippen LogP contribution in [0, 0.1) is 0 Å². The number of aromatic nitrogens is 1. The van der Waals surface area contributed by atoms with E-state index in [1.54, 1.807) is 24.3 Å². The maximum Gasteiger partial charge on any atom is 0.355 e. The van der Waals surface area contributed by atoms with E-state index in [9.17, 15) is 14.4 Å². The fraction of sp³-hybridized carbons (Fsp3) is 0.150. The first-order chi connectivity index (χ1) is 12.5. The molecule has 6 nitrogen and oxygen atoms in total. The maximum atomic E-state index is 12.1. The van der Waals surface area contributed by atoms with E-state index in [2.05, 4.69) is 10.3 Å². The molecule has 1 atom stereocenters. The van der Waals surface area contributed by atoms with Gasteiger partial charge in [-0.2, -0.15) is 0 Å². The summed E-state index contributed by atoms with van der Waals surface area (Å²) in [6.07, 6.45) is 0. The highest BCUT2D eigenvalue weighted by atomic mass is 16.5. The molecular formula is C20H18N2O4. The molecule has 1 heterocycles. The van der Waals surface area contributed by atoms with E-state index in [0.717, 1.165) is 5.56 Å². The molecule has 26 heavy (non-hydrogen) atoms. The molecule has 0 aliphatic rings. The van der Waals surface area contributed by atoms with Gasteiger partial charge in [0.2, 0.25) is 0 Å². The van der Waals surface area contributed by atoms with Crippen molar-refractivity contribution in [2.75, 3.05) is 6.61 Å². The molecule has 132 valence electrons. The summed E-state index contributed by atoms with van der Waals surface area (Å²) in [5.41, 5.74) is 1.21. The van der Waals surface area contributed by atoms with Gasteiger partial charge in [-0.1, -0.05) is 42.5 Å². The lowest BCUT2D eigenvalue weighted by atomic mass is 10.1. The van der Waals surface area contributed by atoms with Crippen LogP contribution in [-0.2, 0) is 9.53 Å². The molecule has 6 heteroatoms. The van der Waals surface area contributed by atoms with Gasteiger partial charge in [-0.15, -0.1) is 0 Å². The first-order valence-corrected chi connectivity index (χ1v) is 8.18. The molecule has 2 aromatic carbocycles. The summed E-state index contributed by atoms with van der Waals surface area (Å²) in [6, 6.07) is 17.3. The fourth-order valence-corrected chi connectivity index (χ4v) is 2.62. The summed E-state index contributed by atoms with van der Waals surface area (Å²) in [5, 5.41) is 3.24. The van der Waals surface area contributed by atoms with Crippen LogP contribution in [0.2, 0.25) is 0 Å². The average molecular weight is 350 g/mol. The molecule has 2 N–H and O–H groups in total. The van der Waals surface area contributed by atoms with Crippen LogP contribution < -0.4 is 10.7 Å². The van der Waals surface area contributed by atoms with Crippen molar-refractivity contribution in [1.29, 1.82) is 0 Å². The van der Waals surface area contributed by atoms with E-state index in [4.69, 9.17) is 4.74 Å². The second kappa shape index (κ2) is 7.65. The van der Waals surface area contributed by atoms with E-state index in [0.29, 0.717) is 10.9 Å². The van der Waals surface area contributed by atoms with Gasteiger partial charge in [-0.25, -0.2) is 4.79 Å². The normalized spacial score (nSPS) is 11.7. The Morgan fingerprint density at radius 3 is 2.54 bits per heavy atom. The third-order valence-electron chi connectivity index (χ3n) is 3.97. The van der Waals surface area contributed by atoms with Gasteiger partial charge < -0.3 is 15.0 Å². The van der Waals surface area contributed by atoms with E-state index >= 15 is 0 Å². The Balaban J connectivity index is 1.62. The van der Waals surface area contributed by atoms with Crippen LogP contribution in [-0.4, -0.2) is 23.5 Å². The molecule has 0 aliphatic carbocycles. The second-order valence-electron chi connectivity index (χ2n) is 5.87. The van der Waals surface area contributed by atoms with Gasteiger partial charge in [0.25, 0.3) is 5.91 Å². The Kier molecular flexibility index (Phi) is 5.12. The molecule has 1 amide bonds. The number of aromatic amines is 1. The van der Waals surface area contributed by atoms with E-state index in [1.807, 2.05) is 37.3 Å². The quantitative estimate of drug-likeness (QED) is 0.692. The van der Waals surface area contributed by atoms with E-state index < -0.39 is 18.5 Å². The summed E-state index contributed by atoms with van der Waals surface area (Å²) >= 11 is 0. The van der Waals surface area contributed by atoms with Crippen LogP contribution >= 0.6 is 0 Å². The molecule has 0 saturated heterocycles. The third-order valence-corrected chi connectivity index (χ3v) is 3.97. The number of amides is 1. The molecule has 1 aromatic heterocycles. The fourth-order valence-electron chi connectivity index (χ4n) is 2.62. The van der Waals surface area contributed by atoms with Crippen LogP contribution in [0.15, 0.2) is 65.5 Å². The smallest absolute Gasteiger partial charge is 0.355 e. The molecule has 0 saturated carbocycles. The minimum absolute atomic E-state index is 0.0117. The van der Waals surface area contributed by atoms with Crippen LogP contribution in [0.5, 0.6) is 0 Å². The second-order valence-corrected chi connectivity index (χ2v) is 5.87. The Hall–Kier alpha value is -3.41. The van der Waals surface area contributed by atoms with Crippen molar-refractivity contribution in [2.24, 2.45) is 0 Å². The zero-order chi connectivity index (χ0) is 18.5. The number of hydrogen-bond acceptors (Lipinski definition) is 4. The maximum absolute atomic E-state index is 12.1. The Morgan fingerprint density at radius 1 is 1.08 bits per heavy atom. The van der Waals surface area contributed by atoms with E-state index in [1.165, 1.54) is 6.07 Å². The van der Waals surface area contributed by atoms with Crippen molar-refractivity contribution in [1.82, 2.24) is 10.3 Å². The first kappa shape index (κ1) is 17.4. The molecule has 0 radical (unpaired) electrons. The summed E-state index contributed by atoms with van der Waals surface area (Å²) in [4.78, 5) is 39.0. The van der Waals surface area contributed by atoms with Gasteiger partial charge in [0.1, 0.15) is 5.69 Å². The van der Waals surface area contributed by atoms with Crippen molar-refractivity contribution in [3.05, 3.63) is 82.1 Å². The summed E-state index contributed by atoms with van der Waals surface area (Å²) in [7, 11) is 0. The van der Waals surface area contributed by atoms with Gasteiger partial charge in [-0.3, -0.25) is 9.59 Å². The number of esters is 1. The van der Waals surface area contributed by atoms with Crippen molar-refractivity contribution in [2.45, 2.75) is 13.0 Å². The number of benzene rings is 2. The van der Waals surface area contributed by atoms with Crippen molar-refractivity contribution in [3.8, 4) is 0 Å². The summed E-state index contributed by atoms with van der Waals surface area (Å²) in [6.45, 7) is 1.42. The monoisotopic (exact) mass is 350 g/mol. The lowest BCUT2D eigenvalue weighted by Crippen LogP contribution is -2.31. The van der Waals surface area contributed by atoms with Gasteiger partial charge in [0, 0.05) is 17.0 Å². The minimum Gasteiger partial charge on any atom is -0.451 e. The van der Waals surface area contributed by atoms with Crippen LogP contribution in [0.1, 0.15) is 29.0 Å². The SMILES string of the molecule is C[C@@H](NC(=O)COC(=O)c1cc(=O)c2ccccc2[nH]1)c1ccccc1. The van der Waals surface area contributed by atoms with Gasteiger partial charge >= 0.3 is 5.97 Å². The highest BCUT2D eigenvalue weighted by molar-refractivity contribution is 5.92. The number of para-hydroxylation sites is 1. The Labute approximate surface area is 149 Å². The number of carbonyl (C=O) groups is 2. The minimum atomic E-state index is -0.754. The standard InChI is InChI=1S/C20H18N2O4/c1-13(14-7-3-2-4-8-14)21-19(24)12-26-20(25)17-11-18(23)15-9-5-6-10-16(15)22-17/h2-11,13H,12H2,1H3,(H,21,24)(H,22,23)/t13-/m1/s1. The van der Waals surface area contributed by atoms with Gasteiger partial charge in [0.15, 0.2) is 12.0 Å². The predicted molar refractivity (Wildman–Crippen MR) is 97.9 cm³/mol. The Bertz CT molecular complexity index is 995. The molecule has 0 aliphatic heterocycles. The van der Waals surface area contributed by atoms with Gasteiger partial charge in [0.05, 0.1) is 6.04 Å². The zero-order valence-electron chi connectivity index (χ0n) is 14.2. The zero-order valence-corrected chi connectivity index (χ0v) is 14.2. The lowest BCUT2D eigenvalue weighted by molar-refractivity contribution is -0.124. The summed E-state index contributed by atoms with van der Waals surface area (Å²) < 4.78 is 5.01. The topological polar surface area (TPSA) is 88.3 Å². The molecule has 0 bridgehead atoms. The van der Waals surface area contributed by atoms with Crippen LogP contribution in [0.4, 0.5) is 0 Å². The highest BCUT2D eigenvalue weighted by Gasteiger charge is 2.14. The van der Waals surface area contributed by atoms with Crippen molar-refractivity contribution >= 4 is 22.8 Å². The molecule has 3 rings (SSSR count). The number of nitrogens with one attached hydrogen (secondary N) is 2. The Morgan fingerprint density at radius 2 is 1.77 bits per heavy atom. The molecule has 0 unspecified atom stereocenters. The molecular weight excluding hydrogens is 332 g/mol. The largest absolute Gasteiger partial charge is 0.451 e. The highest BCUT2D eigenvalue weighted by Crippen LogP contribution is 2.11. The van der Waals surface area contributed by atoms with Crippen molar-refractivity contribution < 1.29 is 14.3 Å². The van der Waals surface area contributed by atoms with Crippen molar-refractivity contribution in [3.63, 3.8) is 0 Å². The first-order valence-electron chi connectivity index (χ1n) is 8.18. The number of rotatable bonds is 5. The third kappa shape index (κ3) is 3.97. The molecule has 3 aromatic rings. The van der Waals surface area contributed by atoms with Crippen LogP contribution in [0.3, 0.4) is 0 Å². The number of ether oxygens (including phenoxy) is 1. The summed E-state index contributed by atoms with van der Waals surface area (Å²) in [5.74, 6) is -1.17. The van der Waals surface area contributed by atoms with Gasteiger partial charge in [-0.05, 0) is 24.6 Å².